The molecule has 0 aliphatic rings. The molecular formula is C12H14N2O2. The molecule has 0 spiro atoms. The topological polar surface area (TPSA) is 48.0 Å². The second-order valence-corrected chi connectivity index (χ2v) is 3.78. The van der Waals surface area contributed by atoms with E-state index in [1.54, 1.807) is 12.5 Å². The third-order valence-electron chi connectivity index (χ3n) is 2.40. The van der Waals surface area contributed by atoms with Gasteiger partial charge in [0, 0.05) is 29.9 Å². The number of Topliss-reactive ketones (excluding diaryl/α,β-unsaturated/α-hetero) is 1. The maximum absolute atomic E-state index is 11.6. The van der Waals surface area contributed by atoms with Gasteiger partial charge in [0.15, 0.2) is 5.78 Å². The van der Waals surface area contributed by atoms with Crippen molar-refractivity contribution in [3.05, 3.63) is 42.0 Å². The molecule has 2 heterocycles. The lowest BCUT2D eigenvalue weighted by Crippen LogP contribution is -1.98. The van der Waals surface area contributed by atoms with Crippen molar-refractivity contribution in [2.75, 3.05) is 0 Å². The highest BCUT2D eigenvalue weighted by Gasteiger charge is 2.06. The number of carbonyl (C=O) groups is 1. The molecule has 0 bridgehead atoms. The van der Waals surface area contributed by atoms with E-state index >= 15 is 0 Å². The van der Waals surface area contributed by atoms with E-state index in [2.05, 4.69) is 5.16 Å². The van der Waals surface area contributed by atoms with Crippen molar-refractivity contribution in [2.45, 2.75) is 26.3 Å². The van der Waals surface area contributed by atoms with Gasteiger partial charge in [-0.15, -0.1) is 0 Å². The Balaban J connectivity index is 2.05. The van der Waals surface area contributed by atoms with E-state index in [9.17, 15) is 4.79 Å². The molecule has 0 radical (unpaired) electrons. The van der Waals surface area contributed by atoms with E-state index in [1.807, 2.05) is 30.0 Å². The standard InChI is InChI=1S/C12H14N2O2/c1-2-3-12(15)11-4-5-14(8-11)7-10-6-13-16-9-10/h4-6,8-9H,2-3,7H2,1H3. The van der Waals surface area contributed by atoms with Gasteiger partial charge in [0.25, 0.3) is 0 Å². The predicted molar refractivity (Wildman–Crippen MR) is 59.3 cm³/mol. The normalized spacial score (nSPS) is 10.6. The average molecular weight is 218 g/mol. The molecule has 0 saturated heterocycles. The summed E-state index contributed by atoms with van der Waals surface area (Å²) >= 11 is 0. The number of nitrogens with zero attached hydrogens (tertiary/aromatic N) is 2. The van der Waals surface area contributed by atoms with Crippen molar-refractivity contribution in [1.29, 1.82) is 0 Å². The van der Waals surface area contributed by atoms with Gasteiger partial charge in [-0.25, -0.2) is 0 Å². The van der Waals surface area contributed by atoms with Crippen molar-refractivity contribution >= 4 is 5.78 Å². The maximum atomic E-state index is 11.6. The van der Waals surface area contributed by atoms with E-state index < -0.39 is 0 Å². The van der Waals surface area contributed by atoms with Gasteiger partial charge in [-0.2, -0.15) is 0 Å². The van der Waals surface area contributed by atoms with Crippen LogP contribution in [0.4, 0.5) is 0 Å². The summed E-state index contributed by atoms with van der Waals surface area (Å²) in [6, 6.07) is 1.85. The van der Waals surface area contributed by atoms with Crippen molar-refractivity contribution in [2.24, 2.45) is 0 Å². The first kappa shape index (κ1) is 10.7. The van der Waals surface area contributed by atoms with Crippen molar-refractivity contribution < 1.29 is 9.32 Å². The molecule has 0 aliphatic carbocycles. The zero-order valence-corrected chi connectivity index (χ0v) is 9.22. The maximum Gasteiger partial charge on any atom is 0.164 e. The molecule has 2 aromatic rings. The van der Waals surface area contributed by atoms with Crippen LogP contribution in [0.2, 0.25) is 0 Å². The summed E-state index contributed by atoms with van der Waals surface area (Å²) in [5.41, 5.74) is 1.77. The first-order chi connectivity index (χ1) is 7.79. The van der Waals surface area contributed by atoms with Gasteiger partial charge in [-0.1, -0.05) is 12.1 Å². The summed E-state index contributed by atoms with van der Waals surface area (Å²) in [6.07, 6.45) is 8.54. The van der Waals surface area contributed by atoms with Gasteiger partial charge < -0.3 is 9.09 Å². The monoisotopic (exact) mass is 218 g/mol. The molecule has 0 atom stereocenters. The number of hydrogen-bond acceptors (Lipinski definition) is 3. The highest BCUT2D eigenvalue weighted by atomic mass is 16.5. The summed E-state index contributed by atoms with van der Waals surface area (Å²) in [6.45, 7) is 2.69. The van der Waals surface area contributed by atoms with Gasteiger partial charge >= 0.3 is 0 Å². The largest absolute Gasteiger partial charge is 0.364 e. The van der Waals surface area contributed by atoms with Crippen LogP contribution in [0.25, 0.3) is 0 Å². The molecule has 16 heavy (non-hydrogen) atoms. The minimum Gasteiger partial charge on any atom is -0.364 e. The molecule has 0 aliphatic heterocycles. The Morgan fingerprint density at radius 1 is 1.56 bits per heavy atom. The molecule has 4 nitrogen and oxygen atoms in total. The highest BCUT2D eigenvalue weighted by Crippen LogP contribution is 2.08. The first-order valence-corrected chi connectivity index (χ1v) is 5.37. The first-order valence-electron chi connectivity index (χ1n) is 5.37. The van der Waals surface area contributed by atoms with Crippen LogP contribution in [0.5, 0.6) is 0 Å². The summed E-state index contributed by atoms with van der Waals surface area (Å²) < 4.78 is 6.70. The quantitative estimate of drug-likeness (QED) is 0.724. The molecule has 0 fully saturated rings. The summed E-state index contributed by atoms with van der Waals surface area (Å²) in [4.78, 5) is 11.6. The fourth-order valence-electron chi connectivity index (χ4n) is 1.59. The van der Waals surface area contributed by atoms with Gasteiger partial charge in [0.1, 0.15) is 6.26 Å². The van der Waals surface area contributed by atoms with E-state index in [0.29, 0.717) is 13.0 Å². The second-order valence-electron chi connectivity index (χ2n) is 3.78. The van der Waals surface area contributed by atoms with Crippen LogP contribution in [0, 0.1) is 0 Å². The Hall–Kier alpha value is -1.84. The Labute approximate surface area is 93.9 Å². The lowest BCUT2D eigenvalue weighted by Gasteiger charge is -1.98. The van der Waals surface area contributed by atoms with Crippen LogP contribution < -0.4 is 0 Å². The Bertz CT molecular complexity index is 457. The zero-order chi connectivity index (χ0) is 11.4. The number of aromatic nitrogens is 2. The van der Waals surface area contributed by atoms with E-state index in [1.165, 1.54) is 0 Å². The fraction of sp³-hybridized carbons (Fsp3) is 0.333. The van der Waals surface area contributed by atoms with E-state index in [0.717, 1.165) is 17.5 Å². The second kappa shape index (κ2) is 4.79. The molecule has 2 aromatic heterocycles. The van der Waals surface area contributed by atoms with Gasteiger partial charge in [0.05, 0.1) is 12.7 Å². The summed E-state index contributed by atoms with van der Waals surface area (Å²) in [7, 11) is 0. The van der Waals surface area contributed by atoms with Crippen LogP contribution in [-0.2, 0) is 6.54 Å². The average Bonchev–Trinajstić information content (AvgIpc) is 2.90. The van der Waals surface area contributed by atoms with E-state index in [4.69, 9.17) is 4.52 Å². The third kappa shape index (κ3) is 2.39. The molecule has 4 heteroatoms. The third-order valence-corrected chi connectivity index (χ3v) is 2.40. The summed E-state index contributed by atoms with van der Waals surface area (Å²) in [5.74, 6) is 0.201. The van der Waals surface area contributed by atoms with Crippen molar-refractivity contribution in [3.63, 3.8) is 0 Å². The molecule has 0 amide bonds. The smallest absolute Gasteiger partial charge is 0.164 e. The fourth-order valence-corrected chi connectivity index (χ4v) is 1.59. The minimum atomic E-state index is 0.201. The number of rotatable bonds is 5. The van der Waals surface area contributed by atoms with Gasteiger partial charge in [-0.3, -0.25) is 4.79 Å². The molecule has 0 N–H and O–H groups in total. The molecular weight excluding hydrogens is 204 g/mol. The van der Waals surface area contributed by atoms with Crippen molar-refractivity contribution in [1.82, 2.24) is 9.72 Å². The van der Waals surface area contributed by atoms with Crippen LogP contribution in [-0.4, -0.2) is 15.5 Å². The van der Waals surface area contributed by atoms with Crippen molar-refractivity contribution in [3.8, 4) is 0 Å². The Kier molecular flexibility index (Phi) is 3.19. The number of hydrogen-bond donors (Lipinski definition) is 0. The highest BCUT2D eigenvalue weighted by molar-refractivity contribution is 5.95. The van der Waals surface area contributed by atoms with Crippen LogP contribution in [0.15, 0.2) is 35.4 Å². The minimum absolute atomic E-state index is 0.201. The van der Waals surface area contributed by atoms with Crippen LogP contribution in [0.1, 0.15) is 35.7 Å². The lowest BCUT2D eigenvalue weighted by atomic mass is 10.1. The molecule has 0 aromatic carbocycles. The Morgan fingerprint density at radius 3 is 3.12 bits per heavy atom. The zero-order valence-electron chi connectivity index (χ0n) is 9.22. The van der Waals surface area contributed by atoms with Gasteiger partial charge in [-0.05, 0) is 12.5 Å². The SMILES string of the molecule is CCCC(=O)c1ccn(Cc2cnoc2)c1. The van der Waals surface area contributed by atoms with Crippen LogP contribution >= 0.6 is 0 Å². The molecule has 84 valence electrons. The predicted octanol–water partition coefficient (Wildman–Crippen LogP) is 2.51. The molecule has 0 unspecified atom stereocenters. The summed E-state index contributed by atoms with van der Waals surface area (Å²) in [5, 5.41) is 3.63. The van der Waals surface area contributed by atoms with Gasteiger partial charge in [0.2, 0.25) is 0 Å². The van der Waals surface area contributed by atoms with E-state index in [-0.39, 0.29) is 5.78 Å². The van der Waals surface area contributed by atoms with Crippen LogP contribution in [0.3, 0.4) is 0 Å². The molecule has 0 saturated carbocycles. The number of carbonyl (C=O) groups excluding carboxylic acids is 1. The number of ketones is 1. The lowest BCUT2D eigenvalue weighted by molar-refractivity contribution is 0.0981. The molecule has 2 rings (SSSR count). The Morgan fingerprint density at radius 2 is 2.44 bits per heavy atom.